The van der Waals surface area contributed by atoms with E-state index in [2.05, 4.69) is 25.5 Å². The highest BCUT2D eigenvalue weighted by Gasteiger charge is 2.43. The topological polar surface area (TPSA) is 46.6 Å². The first-order chi connectivity index (χ1) is 6.91. The third-order valence-electron chi connectivity index (χ3n) is 2.38. The van der Waals surface area contributed by atoms with Gasteiger partial charge in [0.15, 0.2) is 0 Å². The molecule has 0 unspecified atom stereocenters. The Morgan fingerprint density at radius 3 is 2.53 bits per heavy atom. The molecule has 0 aliphatic carbocycles. The maximum atomic E-state index is 11.4. The van der Waals surface area contributed by atoms with E-state index in [4.69, 9.17) is 0 Å². The fraction of sp³-hybridized carbons (Fsp3) is 0.800. The third kappa shape index (κ3) is 2.45. The Hall–Kier alpha value is -0.710. The second-order valence-electron chi connectivity index (χ2n) is 4.64. The molecule has 86 valence electrons. The average molecular weight is 231 g/mol. The van der Waals surface area contributed by atoms with Crippen molar-refractivity contribution in [3.63, 3.8) is 0 Å². The monoisotopic (exact) mass is 231 g/mol. The number of hydrogen-bond donors (Lipinski definition) is 0. The predicted molar refractivity (Wildman–Crippen MR) is 59.4 cm³/mol. The highest BCUT2D eigenvalue weighted by molar-refractivity contribution is 8.00. The summed E-state index contributed by atoms with van der Waals surface area (Å²) < 4.78 is 4.67. The van der Waals surface area contributed by atoms with Crippen LogP contribution in [0.25, 0.3) is 0 Å². The van der Waals surface area contributed by atoms with Gasteiger partial charge >= 0.3 is 5.97 Å². The van der Waals surface area contributed by atoms with E-state index in [0.717, 1.165) is 6.41 Å². The Bertz CT molecular complexity index is 262. The van der Waals surface area contributed by atoms with Crippen LogP contribution in [0.1, 0.15) is 20.8 Å². The fourth-order valence-electron chi connectivity index (χ4n) is 1.67. The molecule has 0 spiro atoms. The standard InChI is InChI=1S/C10H17NO3S/c1-10(2,3)9-11(6-12)7(5-15-9)8(13)14-4/h6-7,9H,5H2,1-4H3/t7-,9+/m0/s1. The van der Waals surface area contributed by atoms with Crippen LogP contribution < -0.4 is 0 Å². The van der Waals surface area contributed by atoms with Gasteiger partial charge in [-0.15, -0.1) is 11.8 Å². The summed E-state index contributed by atoms with van der Waals surface area (Å²) in [4.78, 5) is 24.0. The maximum Gasteiger partial charge on any atom is 0.329 e. The molecule has 15 heavy (non-hydrogen) atoms. The van der Waals surface area contributed by atoms with Gasteiger partial charge in [0.2, 0.25) is 6.41 Å². The number of nitrogens with zero attached hydrogens (tertiary/aromatic N) is 1. The van der Waals surface area contributed by atoms with Crippen LogP contribution in [0.4, 0.5) is 0 Å². The van der Waals surface area contributed by atoms with Crippen molar-refractivity contribution in [2.45, 2.75) is 32.2 Å². The Morgan fingerprint density at radius 2 is 2.13 bits per heavy atom. The zero-order chi connectivity index (χ0) is 11.6. The van der Waals surface area contributed by atoms with Crippen molar-refractivity contribution >= 4 is 24.1 Å². The SMILES string of the molecule is COC(=O)[C@@H]1CS[C@H](C(C)(C)C)N1C=O. The highest BCUT2D eigenvalue weighted by Crippen LogP contribution is 2.39. The van der Waals surface area contributed by atoms with Crippen LogP contribution in [0.15, 0.2) is 0 Å². The smallest absolute Gasteiger partial charge is 0.329 e. The summed E-state index contributed by atoms with van der Waals surface area (Å²) in [6.45, 7) is 6.17. The number of esters is 1. The van der Waals surface area contributed by atoms with Crippen molar-refractivity contribution in [1.82, 2.24) is 4.90 Å². The molecular formula is C10H17NO3S. The lowest BCUT2D eigenvalue weighted by atomic mass is 9.95. The lowest BCUT2D eigenvalue weighted by molar-refractivity contribution is -0.149. The summed E-state index contributed by atoms with van der Waals surface area (Å²) in [5, 5.41) is 0.0408. The molecule has 1 aliphatic heterocycles. The Kier molecular flexibility index (Phi) is 3.65. The minimum Gasteiger partial charge on any atom is -0.467 e. The molecule has 5 heteroatoms. The number of thioether (sulfide) groups is 1. The largest absolute Gasteiger partial charge is 0.467 e. The molecule has 0 saturated carbocycles. The number of carbonyl (C=O) groups excluding carboxylic acids is 2. The van der Waals surface area contributed by atoms with Crippen molar-refractivity contribution in [2.75, 3.05) is 12.9 Å². The van der Waals surface area contributed by atoms with E-state index in [0.29, 0.717) is 5.75 Å². The molecule has 0 N–H and O–H groups in total. The summed E-state index contributed by atoms with van der Waals surface area (Å²) in [5.74, 6) is 0.286. The molecule has 0 bridgehead atoms. The van der Waals surface area contributed by atoms with Crippen LogP contribution in [0, 0.1) is 5.41 Å². The molecule has 4 nitrogen and oxygen atoms in total. The zero-order valence-electron chi connectivity index (χ0n) is 9.52. The first-order valence-corrected chi connectivity index (χ1v) is 5.89. The van der Waals surface area contributed by atoms with E-state index in [1.54, 1.807) is 16.7 Å². The van der Waals surface area contributed by atoms with Crippen LogP contribution in [0.2, 0.25) is 0 Å². The molecule has 0 radical (unpaired) electrons. The molecule has 0 aromatic rings. The lowest BCUT2D eigenvalue weighted by Crippen LogP contribution is -2.45. The second kappa shape index (κ2) is 4.43. The van der Waals surface area contributed by atoms with E-state index >= 15 is 0 Å². The Morgan fingerprint density at radius 1 is 1.53 bits per heavy atom. The van der Waals surface area contributed by atoms with Gasteiger partial charge in [0.1, 0.15) is 6.04 Å². The average Bonchev–Trinajstić information content (AvgIpc) is 2.59. The number of hydrogen-bond acceptors (Lipinski definition) is 4. The van der Waals surface area contributed by atoms with Crippen LogP contribution in [0.5, 0.6) is 0 Å². The van der Waals surface area contributed by atoms with E-state index in [1.165, 1.54) is 7.11 Å². The summed E-state index contributed by atoms with van der Waals surface area (Å²) in [6, 6.07) is -0.429. The van der Waals surface area contributed by atoms with Crippen molar-refractivity contribution < 1.29 is 14.3 Å². The molecule has 1 amide bonds. The van der Waals surface area contributed by atoms with Crippen LogP contribution in [-0.4, -0.2) is 41.6 Å². The highest BCUT2D eigenvalue weighted by atomic mass is 32.2. The Labute approximate surface area is 94.3 Å². The third-order valence-corrected chi connectivity index (χ3v) is 4.15. The van der Waals surface area contributed by atoms with Crippen molar-refractivity contribution in [3.05, 3.63) is 0 Å². The summed E-state index contributed by atoms with van der Waals surface area (Å²) in [7, 11) is 1.35. The maximum absolute atomic E-state index is 11.4. The van der Waals surface area contributed by atoms with Gasteiger partial charge < -0.3 is 9.64 Å². The minimum atomic E-state index is -0.429. The number of carbonyl (C=O) groups is 2. The summed E-state index contributed by atoms with van der Waals surface area (Å²) >= 11 is 1.63. The van der Waals surface area contributed by atoms with Gasteiger partial charge in [-0.3, -0.25) is 4.79 Å². The van der Waals surface area contributed by atoms with E-state index in [9.17, 15) is 9.59 Å². The van der Waals surface area contributed by atoms with Crippen LogP contribution >= 0.6 is 11.8 Å². The second-order valence-corrected chi connectivity index (χ2v) is 5.76. The van der Waals surface area contributed by atoms with Gasteiger partial charge in [0, 0.05) is 5.75 Å². The molecule has 0 aromatic heterocycles. The van der Waals surface area contributed by atoms with Gasteiger partial charge in [-0.2, -0.15) is 0 Å². The normalized spacial score (nSPS) is 26.5. The van der Waals surface area contributed by atoms with E-state index in [-0.39, 0.29) is 16.8 Å². The first-order valence-electron chi connectivity index (χ1n) is 4.84. The molecule has 1 rings (SSSR count). The molecule has 1 saturated heterocycles. The number of ether oxygens (including phenoxy) is 1. The van der Waals surface area contributed by atoms with E-state index in [1.807, 2.05) is 0 Å². The zero-order valence-corrected chi connectivity index (χ0v) is 10.3. The molecule has 1 heterocycles. The first kappa shape index (κ1) is 12.4. The molecule has 0 aromatic carbocycles. The van der Waals surface area contributed by atoms with Gasteiger partial charge in [-0.1, -0.05) is 20.8 Å². The van der Waals surface area contributed by atoms with Gasteiger partial charge in [0.05, 0.1) is 12.5 Å². The molecule has 1 aliphatic rings. The molecular weight excluding hydrogens is 214 g/mol. The van der Waals surface area contributed by atoms with Gasteiger partial charge in [0.25, 0.3) is 0 Å². The van der Waals surface area contributed by atoms with Crippen LogP contribution in [0.3, 0.4) is 0 Å². The number of amides is 1. The lowest BCUT2D eigenvalue weighted by Gasteiger charge is -2.33. The quantitative estimate of drug-likeness (QED) is 0.527. The predicted octanol–water partition coefficient (Wildman–Crippen LogP) is 1.11. The van der Waals surface area contributed by atoms with Crippen molar-refractivity contribution in [3.8, 4) is 0 Å². The summed E-state index contributed by atoms with van der Waals surface area (Å²) in [5.41, 5.74) is -0.0334. The Balaban J connectivity index is 2.83. The van der Waals surface area contributed by atoms with Gasteiger partial charge in [-0.05, 0) is 5.41 Å². The molecule has 2 atom stereocenters. The van der Waals surface area contributed by atoms with Crippen LogP contribution in [-0.2, 0) is 14.3 Å². The number of rotatable bonds is 2. The fourth-order valence-corrected chi connectivity index (χ4v) is 3.21. The van der Waals surface area contributed by atoms with E-state index < -0.39 is 6.04 Å². The van der Waals surface area contributed by atoms with Gasteiger partial charge in [-0.25, -0.2) is 4.79 Å². The molecule has 1 fully saturated rings. The minimum absolute atomic E-state index is 0.0334. The number of methoxy groups -OCH3 is 1. The van der Waals surface area contributed by atoms with Crippen molar-refractivity contribution in [2.24, 2.45) is 5.41 Å². The van der Waals surface area contributed by atoms with Crippen molar-refractivity contribution in [1.29, 1.82) is 0 Å². The summed E-state index contributed by atoms with van der Waals surface area (Å²) in [6.07, 6.45) is 0.748.